The van der Waals surface area contributed by atoms with Gasteiger partial charge in [-0.15, -0.1) is 0 Å². The molecule has 0 spiro atoms. The van der Waals surface area contributed by atoms with Gasteiger partial charge in [-0.3, -0.25) is 0 Å². The lowest BCUT2D eigenvalue weighted by molar-refractivity contribution is 0.204. The Balaban J connectivity index is 2.40. The molecule has 0 bridgehead atoms. The van der Waals surface area contributed by atoms with Crippen molar-refractivity contribution < 1.29 is 9.90 Å². The molecule has 0 unspecified atom stereocenters. The Morgan fingerprint density at radius 1 is 1.33 bits per heavy atom. The predicted molar refractivity (Wildman–Crippen MR) is 74.0 cm³/mol. The molecule has 1 rings (SSSR count). The van der Waals surface area contributed by atoms with Gasteiger partial charge in [-0.25, -0.2) is 4.79 Å². The first-order valence-corrected chi connectivity index (χ1v) is 6.22. The maximum absolute atomic E-state index is 11.6. The lowest BCUT2D eigenvalue weighted by Gasteiger charge is -2.23. The summed E-state index contributed by atoms with van der Waals surface area (Å²) < 4.78 is 0. The molecular formula is C13H19ClN2O2. The zero-order valence-electron chi connectivity index (χ0n) is 10.7. The van der Waals surface area contributed by atoms with Gasteiger partial charge < -0.3 is 15.7 Å². The fourth-order valence-corrected chi connectivity index (χ4v) is 1.55. The highest BCUT2D eigenvalue weighted by atomic mass is 35.5. The Morgan fingerprint density at radius 3 is 2.50 bits per heavy atom. The van der Waals surface area contributed by atoms with E-state index >= 15 is 0 Å². The smallest absolute Gasteiger partial charge is 0.319 e. The van der Waals surface area contributed by atoms with Gasteiger partial charge in [0.2, 0.25) is 0 Å². The summed E-state index contributed by atoms with van der Waals surface area (Å²) in [6.45, 7) is 4.61. The van der Waals surface area contributed by atoms with Crippen LogP contribution in [0.2, 0.25) is 5.02 Å². The van der Waals surface area contributed by atoms with Crippen LogP contribution >= 0.6 is 11.6 Å². The predicted octanol–water partition coefficient (Wildman–Crippen LogP) is 2.87. The lowest BCUT2D eigenvalue weighted by atomic mass is 9.90. The minimum Gasteiger partial charge on any atom is -0.396 e. The highest BCUT2D eigenvalue weighted by molar-refractivity contribution is 6.30. The molecule has 0 aliphatic rings. The number of carbonyl (C=O) groups excluding carboxylic acids is 1. The van der Waals surface area contributed by atoms with E-state index in [1.807, 2.05) is 13.8 Å². The molecule has 18 heavy (non-hydrogen) atoms. The van der Waals surface area contributed by atoms with E-state index in [1.165, 1.54) is 0 Å². The van der Waals surface area contributed by atoms with E-state index < -0.39 is 0 Å². The number of hydrogen-bond acceptors (Lipinski definition) is 2. The number of hydrogen-bond donors (Lipinski definition) is 3. The van der Waals surface area contributed by atoms with Crippen molar-refractivity contribution in [2.45, 2.75) is 20.3 Å². The SMILES string of the molecule is CC(C)(CCO)CNC(=O)Nc1ccc(Cl)cc1. The number of aliphatic hydroxyl groups is 1. The van der Waals surface area contributed by atoms with Gasteiger partial charge in [0.05, 0.1) is 0 Å². The molecule has 0 aliphatic heterocycles. The molecule has 0 atom stereocenters. The number of aliphatic hydroxyl groups excluding tert-OH is 1. The van der Waals surface area contributed by atoms with Gasteiger partial charge in [0.1, 0.15) is 0 Å². The molecule has 0 heterocycles. The Hall–Kier alpha value is -1.26. The quantitative estimate of drug-likeness (QED) is 0.770. The highest BCUT2D eigenvalue weighted by Gasteiger charge is 2.17. The van der Waals surface area contributed by atoms with E-state index in [0.29, 0.717) is 23.7 Å². The molecule has 0 aliphatic carbocycles. The number of rotatable bonds is 5. The fraction of sp³-hybridized carbons (Fsp3) is 0.462. The number of halogens is 1. The maximum atomic E-state index is 11.6. The average Bonchev–Trinajstić information content (AvgIpc) is 2.30. The topological polar surface area (TPSA) is 61.4 Å². The van der Waals surface area contributed by atoms with E-state index in [4.69, 9.17) is 16.7 Å². The van der Waals surface area contributed by atoms with Crippen LogP contribution in [0.4, 0.5) is 10.5 Å². The van der Waals surface area contributed by atoms with Crippen molar-refractivity contribution in [2.75, 3.05) is 18.5 Å². The van der Waals surface area contributed by atoms with Gasteiger partial charge in [-0.05, 0) is 36.1 Å². The van der Waals surface area contributed by atoms with Crippen molar-refractivity contribution >= 4 is 23.3 Å². The zero-order chi connectivity index (χ0) is 13.6. The zero-order valence-corrected chi connectivity index (χ0v) is 11.4. The van der Waals surface area contributed by atoms with Crippen LogP contribution in [0.5, 0.6) is 0 Å². The lowest BCUT2D eigenvalue weighted by Crippen LogP contribution is -2.37. The molecule has 100 valence electrons. The summed E-state index contributed by atoms with van der Waals surface area (Å²) in [4.78, 5) is 11.6. The van der Waals surface area contributed by atoms with Crippen LogP contribution in [0.15, 0.2) is 24.3 Å². The molecule has 1 aromatic carbocycles. The summed E-state index contributed by atoms with van der Waals surface area (Å²) >= 11 is 5.75. The van der Waals surface area contributed by atoms with E-state index in [1.54, 1.807) is 24.3 Å². The van der Waals surface area contributed by atoms with Crippen LogP contribution in [0.1, 0.15) is 20.3 Å². The first kappa shape index (κ1) is 14.8. The molecule has 1 aromatic rings. The van der Waals surface area contributed by atoms with Crippen LogP contribution in [0.3, 0.4) is 0 Å². The van der Waals surface area contributed by atoms with Gasteiger partial charge in [0.25, 0.3) is 0 Å². The number of urea groups is 1. The summed E-state index contributed by atoms with van der Waals surface area (Å²) in [5.74, 6) is 0. The van der Waals surface area contributed by atoms with Gasteiger partial charge >= 0.3 is 6.03 Å². The third-order valence-corrected chi connectivity index (χ3v) is 2.87. The number of benzene rings is 1. The van der Waals surface area contributed by atoms with Crippen LogP contribution in [0.25, 0.3) is 0 Å². The first-order chi connectivity index (χ1) is 8.43. The number of carbonyl (C=O) groups is 1. The highest BCUT2D eigenvalue weighted by Crippen LogP contribution is 2.18. The van der Waals surface area contributed by atoms with Crippen molar-refractivity contribution in [3.8, 4) is 0 Å². The monoisotopic (exact) mass is 270 g/mol. The molecule has 0 saturated heterocycles. The largest absolute Gasteiger partial charge is 0.396 e. The molecule has 2 amide bonds. The number of nitrogens with one attached hydrogen (secondary N) is 2. The summed E-state index contributed by atoms with van der Waals surface area (Å²) in [5, 5.41) is 15.0. The second-order valence-electron chi connectivity index (χ2n) is 4.95. The molecule has 0 aromatic heterocycles. The van der Waals surface area contributed by atoms with Crippen LogP contribution in [-0.4, -0.2) is 24.3 Å². The van der Waals surface area contributed by atoms with Gasteiger partial charge in [-0.2, -0.15) is 0 Å². The Kier molecular flexibility index (Phi) is 5.44. The standard InChI is InChI=1S/C13H19ClN2O2/c1-13(2,7-8-17)9-15-12(18)16-11-5-3-10(14)4-6-11/h3-6,17H,7-9H2,1-2H3,(H2,15,16,18). The fourth-order valence-electron chi connectivity index (χ4n) is 1.42. The van der Waals surface area contributed by atoms with Crippen LogP contribution in [0, 0.1) is 5.41 Å². The molecule has 5 heteroatoms. The van der Waals surface area contributed by atoms with Gasteiger partial charge in [0.15, 0.2) is 0 Å². The van der Waals surface area contributed by atoms with Crippen LogP contribution < -0.4 is 10.6 Å². The Morgan fingerprint density at radius 2 is 1.94 bits per heavy atom. The molecular weight excluding hydrogens is 252 g/mol. The second-order valence-corrected chi connectivity index (χ2v) is 5.39. The van der Waals surface area contributed by atoms with Crippen molar-refractivity contribution in [3.63, 3.8) is 0 Å². The Bertz CT molecular complexity index is 390. The van der Waals surface area contributed by atoms with Crippen molar-refractivity contribution in [3.05, 3.63) is 29.3 Å². The van der Waals surface area contributed by atoms with Gasteiger partial charge in [0, 0.05) is 23.9 Å². The summed E-state index contributed by atoms with van der Waals surface area (Å²) in [6.07, 6.45) is 0.647. The maximum Gasteiger partial charge on any atom is 0.319 e. The minimum absolute atomic E-state index is 0.119. The van der Waals surface area contributed by atoms with Crippen molar-refractivity contribution in [2.24, 2.45) is 5.41 Å². The Labute approximate surface area is 112 Å². The normalized spacial score (nSPS) is 11.1. The molecule has 0 radical (unpaired) electrons. The molecule has 0 fully saturated rings. The first-order valence-electron chi connectivity index (χ1n) is 5.84. The van der Waals surface area contributed by atoms with Crippen LogP contribution in [-0.2, 0) is 0 Å². The average molecular weight is 271 g/mol. The van der Waals surface area contributed by atoms with E-state index in [0.717, 1.165) is 0 Å². The second kappa shape index (κ2) is 6.61. The summed E-state index contributed by atoms with van der Waals surface area (Å²) in [7, 11) is 0. The van der Waals surface area contributed by atoms with E-state index in [2.05, 4.69) is 10.6 Å². The summed E-state index contributed by atoms with van der Waals surface area (Å²) in [5.41, 5.74) is 0.573. The van der Waals surface area contributed by atoms with Crippen molar-refractivity contribution in [1.82, 2.24) is 5.32 Å². The molecule has 3 N–H and O–H groups in total. The van der Waals surface area contributed by atoms with Crippen molar-refractivity contribution in [1.29, 1.82) is 0 Å². The van der Waals surface area contributed by atoms with E-state index in [9.17, 15) is 4.79 Å². The summed E-state index contributed by atoms with van der Waals surface area (Å²) in [6, 6.07) is 6.64. The number of anilines is 1. The third-order valence-electron chi connectivity index (χ3n) is 2.62. The third kappa shape index (κ3) is 5.38. The van der Waals surface area contributed by atoms with E-state index in [-0.39, 0.29) is 18.1 Å². The molecule has 4 nitrogen and oxygen atoms in total. The van der Waals surface area contributed by atoms with Gasteiger partial charge in [-0.1, -0.05) is 25.4 Å². The minimum atomic E-state index is -0.261. The molecule has 0 saturated carbocycles. The number of amides is 2.